The lowest BCUT2D eigenvalue weighted by Gasteiger charge is -2.34. The Kier molecular flexibility index (Phi) is 5.18. The van der Waals surface area contributed by atoms with Crippen LogP contribution in [0.2, 0.25) is 0 Å². The fourth-order valence-electron chi connectivity index (χ4n) is 2.79. The molecule has 2 rings (SSSR count). The largest absolute Gasteiger partial charge is 0.377 e. The van der Waals surface area contributed by atoms with E-state index < -0.39 is 0 Å². The van der Waals surface area contributed by atoms with Gasteiger partial charge in [-0.3, -0.25) is 4.90 Å². The zero-order valence-corrected chi connectivity index (χ0v) is 12.2. The van der Waals surface area contributed by atoms with Gasteiger partial charge in [-0.1, -0.05) is 0 Å². The Balaban J connectivity index is 1.97. The summed E-state index contributed by atoms with van der Waals surface area (Å²) in [7, 11) is 2.16. The third-order valence-electron chi connectivity index (χ3n) is 3.62. The van der Waals surface area contributed by atoms with E-state index in [0.29, 0.717) is 12.1 Å². The van der Waals surface area contributed by atoms with Crippen molar-refractivity contribution < 1.29 is 4.74 Å². The SMILES string of the molecule is CC(N)C(c1ccsc1)N(C)CC1CCCCO1. The van der Waals surface area contributed by atoms with E-state index in [4.69, 9.17) is 10.5 Å². The first-order chi connectivity index (χ1) is 8.68. The summed E-state index contributed by atoms with van der Waals surface area (Å²) in [6.45, 7) is 3.97. The number of nitrogens with two attached hydrogens (primary N) is 1. The molecule has 1 aromatic heterocycles. The average molecular weight is 268 g/mol. The van der Waals surface area contributed by atoms with Crippen LogP contribution in [0.25, 0.3) is 0 Å². The molecule has 0 saturated carbocycles. The van der Waals surface area contributed by atoms with E-state index in [1.54, 1.807) is 11.3 Å². The van der Waals surface area contributed by atoms with Crippen molar-refractivity contribution in [1.29, 1.82) is 0 Å². The number of hydrogen-bond donors (Lipinski definition) is 1. The van der Waals surface area contributed by atoms with E-state index in [9.17, 15) is 0 Å². The summed E-state index contributed by atoms with van der Waals surface area (Å²) in [4.78, 5) is 2.35. The van der Waals surface area contributed by atoms with Crippen molar-refractivity contribution in [2.75, 3.05) is 20.2 Å². The van der Waals surface area contributed by atoms with Crippen molar-refractivity contribution in [2.45, 2.75) is 44.4 Å². The minimum absolute atomic E-state index is 0.133. The van der Waals surface area contributed by atoms with Gasteiger partial charge in [0.15, 0.2) is 0 Å². The molecular weight excluding hydrogens is 244 g/mol. The number of likely N-dealkylation sites (N-methyl/N-ethyl adjacent to an activating group) is 1. The molecule has 0 amide bonds. The second-order valence-corrected chi connectivity index (χ2v) is 6.07. The van der Waals surface area contributed by atoms with Crippen LogP contribution in [0, 0.1) is 0 Å². The highest BCUT2D eigenvalue weighted by atomic mass is 32.1. The van der Waals surface area contributed by atoms with Gasteiger partial charge in [0.25, 0.3) is 0 Å². The maximum Gasteiger partial charge on any atom is 0.0702 e. The second-order valence-electron chi connectivity index (χ2n) is 5.29. The van der Waals surface area contributed by atoms with Gasteiger partial charge in [0, 0.05) is 19.2 Å². The van der Waals surface area contributed by atoms with Crippen molar-refractivity contribution in [2.24, 2.45) is 5.73 Å². The molecular formula is C14H24N2OS. The van der Waals surface area contributed by atoms with E-state index in [1.807, 2.05) is 0 Å². The predicted molar refractivity (Wildman–Crippen MR) is 76.9 cm³/mol. The number of nitrogens with zero attached hydrogens (tertiary/aromatic N) is 1. The number of ether oxygens (including phenoxy) is 1. The Hall–Kier alpha value is -0.420. The molecule has 1 aliphatic heterocycles. The molecule has 0 spiro atoms. The molecule has 18 heavy (non-hydrogen) atoms. The van der Waals surface area contributed by atoms with Gasteiger partial charge in [-0.2, -0.15) is 11.3 Å². The smallest absolute Gasteiger partial charge is 0.0702 e. The van der Waals surface area contributed by atoms with E-state index in [2.05, 4.69) is 35.7 Å². The van der Waals surface area contributed by atoms with Crippen LogP contribution in [0.4, 0.5) is 0 Å². The first kappa shape index (κ1) is 14.0. The maximum absolute atomic E-state index is 6.16. The molecule has 0 aromatic carbocycles. The molecule has 3 atom stereocenters. The molecule has 102 valence electrons. The molecule has 0 aliphatic carbocycles. The number of rotatable bonds is 5. The fourth-order valence-corrected chi connectivity index (χ4v) is 3.48. The lowest BCUT2D eigenvalue weighted by molar-refractivity contribution is -0.00982. The van der Waals surface area contributed by atoms with E-state index in [0.717, 1.165) is 13.2 Å². The van der Waals surface area contributed by atoms with Crippen LogP contribution < -0.4 is 5.73 Å². The topological polar surface area (TPSA) is 38.5 Å². The van der Waals surface area contributed by atoms with Gasteiger partial charge >= 0.3 is 0 Å². The second kappa shape index (κ2) is 6.66. The Morgan fingerprint density at radius 3 is 2.94 bits per heavy atom. The van der Waals surface area contributed by atoms with Gasteiger partial charge in [-0.15, -0.1) is 0 Å². The van der Waals surface area contributed by atoms with Crippen LogP contribution >= 0.6 is 11.3 Å². The fraction of sp³-hybridized carbons (Fsp3) is 0.714. The lowest BCUT2D eigenvalue weighted by Crippen LogP contribution is -2.42. The quantitative estimate of drug-likeness (QED) is 0.892. The first-order valence-electron chi connectivity index (χ1n) is 6.78. The Bertz CT molecular complexity index is 334. The summed E-state index contributed by atoms with van der Waals surface area (Å²) in [5.74, 6) is 0. The standard InChI is InChI=1S/C14H24N2OS/c1-11(15)14(12-6-8-18-10-12)16(2)9-13-5-3-4-7-17-13/h6,8,10-11,13-14H,3-5,7,9,15H2,1-2H3. The molecule has 1 saturated heterocycles. The lowest BCUT2D eigenvalue weighted by atomic mass is 10.0. The Morgan fingerprint density at radius 1 is 1.56 bits per heavy atom. The molecule has 1 aromatic rings. The first-order valence-corrected chi connectivity index (χ1v) is 7.72. The summed E-state index contributed by atoms with van der Waals surface area (Å²) < 4.78 is 5.82. The van der Waals surface area contributed by atoms with Crippen LogP contribution in [0.3, 0.4) is 0 Å². The minimum Gasteiger partial charge on any atom is -0.377 e. The van der Waals surface area contributed by atoms with Crippen LogP contribution in [0.1, 0.15) is 37.8 Å². The summed E-state index contributed by atoms with van der Waals surface area (Å²) >= 11 is 1.74. The van der Waals surface area contributed by atoms with Crippen molar-refractivity contribution >= 4 is 11.3 Å². The van der Waals surface area contributed by atoms with Gasteiger partial charge in [-0.05, 0) is 55.6 Å². The van der Waals surface area contributed by atoms with Crippen molar-refractivity contribution in [3.8, 4) is 0 Å². The highest BCUT2D eigenvalue weighted by molar-refractivity contribution is 7.07. The summed E-state index contributed by atoms with van der Waals surface area (Å²) in [5, 5.41) is 4.32. The molecule has 2 heterocycles. The monoisotopic (exact) mass is 268 g/mol. The summed E-state index contributed by atoms with van der Waals surface area (Å²) in [6.07, 6.45) is 4.06. The van der Waals surface area contributed by atoms with Crippen molar-refractivity contribution in [3.05, 3.63) is 22.4 Å². The van der Waals surface area contributed by atoms with Gasteiger partial charge < -0.3 is 10.5 Å². The number of hydrogen-bond acceptors (Lipinski definition) is 4. The van der Waals surface area contributed by atoms with E-state index in [1.165, 1.54) is 24.8 Å². The third kappa shape index (κ3) is 3.54. The Morgan fingerprint density at radius 2 is 2.39 bits per heavy atom. The molecule has 1 aliphatic rings. The van der Waals surface area contributed by atoms with Crippen molar-refractivity contribution in [1.82, 2.24) is 4.90 Å². The molecule has 2 N–H and O–H groups in total. The van der Waals surface area contributed by atoms with Crippen molar-refractivity contribution in [3.63, 3.8) is 0 Å². The molecule has 3 nitrogen and oxygen atoms in total. The molecule has 3 unspecified atom stereocenters. The zero-order chi connectivity index (χ0) is 13.0. The predicted octanol–water partition coefficient (Wildman–Crippen LogP) is 2.64. The number of thiophene rings is 1. The summed E-state index contributed by atoms with van der Waals surface area (Å²) in [5.41, 5.74) is 7.48. The van der Waals surface area contributed by atoms with Crippen LogP contribution in [-0.2, 0) is 4.74 Å². The normalized spacial score (nSPS) is 24.1. The van der Waals surface area contributed by atoms with Gasteiger partial charge in [0.1, 0.15) is 0 Å². The molecule has 0 bridgehead atoms. The van der Waals surface area contributed by atoms with Gasteiger partial charge in [0.2, 0.25) is 0 Å². The molecule has 1 fully saturated rings. The average Bonchev–Trinajstić information content (AvgIpc) is 2.83. The third-order valence-corrected chi connectivity index (χ3v) is 4.32. The van der Waals surface area contributed by atoms with Crippen LogP contribution in [0.15, 0.2) is 16.8 Å². The summed E-state index contributed by atoms with van der Waals surface area (Å²) in [6, 6.07) is 2.60. The van der Waals surface area contributed by atoms with E-state index in [-0.39, 0.29) is 6.04 Å². The van der Waals surface area contributed by atoms with Gasteiger partial charge in [0.05, 0.1) is 12.1 Å². The van der Waals surface area contributed by atoms with E-state index >= 15 is 0 Å². The van der Waals surface area contributed by atoms with Crippen LogP contribution in [0.5, 0.6) is 0 Å². The van der Waals surface area contributed by atoms with Gasteiger partial charge in [-0.25, -0.2) is 0 Å². The minimum atomic E-state index is 0.133. The highest BCUT2D eigenvalue weighted by Gasteiger charge is 2.25. The van der Waals surface area contributed by atoms with Crippen LogP contribution in [-0.4, -0.2) is 37.2 Å². The molecule has 0 radical (unpaired) electrons. The molecule has 4 heteroatoms. The highest BCUT2D eigenvalue weighted by Crippen LogP contribution is 2.26. The zero-order valence-electron chi connectivity index (χ0n) is 11.3. The Labute approximate surface area is 114 Å². The maximum atomic E-state index is 6.16.